The maximum Gasteiger partial charge on any atom is 0.0547 e. The third-order valence-corrected chi connectivity index (χ3v) is 11.9. The summed E-state index contributed by atoms with van der Waals surface area (Å²) in [6.45, 7) is 14.9. The minimum absolute atomic E-state index is 0.491. The van der Waals surface area contributed by atoms with Crippen molar-refractivity contribution in [3.8, 4) is 0 Å². The van der Waals surface area contributed by atoms with Crippen LogP contribution in [0.4, 0.5) is 0 Å². The Labute approximate surface area is 186 Å². The third kappa shape index (κ3) is 3.11. The minimum Gasteiger partial charge on any atom is -0.380 e. The summed E-state index contributed by atoms with van der Waals surface area (Å²) in [6.07, 6.45) is 18.8. The van der Waals surface area contributed by atoms with Gasteiger partial charge in [0.1, 0.15) is 0 Å². The first-order valence-electron chi connectivity index (χ1n) is 13.6. The van der Waals surface area contributed by atoms with E-state index in [0.29, 0.717) is 16.2 Å². The van der Waals surface area contributed by atoms with Gasteiger partial charge in [0.25, 0.3) is 0 Å². The predicted molar refractivity (Wildman–Crippen MR) is 126 cm³/mol. The molecule has 1 nitrogen and oxygen atoms in total. The van der Waals surface area contributed by atoms with Gasteiger partial charge in [0.05, 0.1) is 13.2 Å². The Bertz CT molecular complexity index is 672. The molecule has 1 heteroatoms. The maximum atomic E-state index is 5.67. The van der Waals surface area contributed by atoms with Gasteiger partial charge in [-0.2, -0.15) is 0 Å². The molecule has 0 aromatic carbocycles. The molecule has 30 heavy (non-hydrogen) atoms. The van der Waals surface area contributed by atoms with E-state index >= 15 is 0 Å². The van der Waals surface area contributed by atoms with E-state index in [1.807, 2.05) is 5.57 Å². The van der Waals surface area contributed by atoms with Crippen LogP contribution in [0.2, 0.25) is 0 Å². The SMILES string of the molecule is CC(CCC1(C(C)C)COC1)C1CCC2C3CC=C4CCCCC4(C)C3CCC12C. The van der Waals surface area contributed by atoms with Gasteiger partial charge in [-0.05, 0) is 111 Å². The molecule has 0 radical (unpaired) electrons. The van der Waals surface area contributed by atoms with Crippen molar-refractivity contribution >= 4 is 0 Å². The number of fused-ring (bicyclic) bond motifs is 5. The summed E-state index contributed by atoms with van der Waals surface area (Å²) in [7, 11) is 0. The smallest absolute Gasteiger partial charge is 0.0547 e. The molecule has 3 saturated carbocycles. The highest BCUT2D eigenvalue weighted by Gasteiger charge is 2.58. The number of rotatable bonds is 5. The summed E-state index contributed by atoms with van der Waals surface area (Å²) in [4.78, 5) is 0. The molecule has 5 aliphatic rings. The fraction of sp³-hybridized carbons (Fsp3) is 0.931. The number of hydrogen-bond acceptors (Lipinski definition) is 1. The number of allylic oxidation sites excluding steroid dienone is 2. The normalized spacial score (nSPS) is 45.7. The van der Waals surface area contributed by atoms with Crippen LogP contribution in [0, 0.1) is 51.8 Å². The van der Waals surface area contributed by atoms with Gasteiger partial charge in [0.2, 0.25) is 0 Å². The predicted octanol–water partition coefficient (Wildman–Crippen LogP) is 8.04. The molecule has 1 aliphatic heterocycles. The topological polar surface area (TPSA) is 9.23 Å². The Balaban J connectivity index is 1.30. The molecular formula is C29H48O. The van der Waals surface area contributed by atoms with E-state index in [1.165, 1.54) is 70.6 Å². The zero-order valence-corrected chi connectivity index (χ0v) is 20.6. The van der Waals surface area contributed by atoms with Gasteiger partial charge in [-0.3, -0.25) is 0 Å². The summed E-state index contributed by atoms with van der Waals surface area (Å²) in [5.41, 5.74) is 3.52. The Morgan fingerprint density at radius 2 is 1.80 bits per heavy atom. The van der Waals surface area contributed by atoms with Gasteiger partial charge in [0, 0.05) is 5.41 Å². The second-order valence-electron chi connectivity index (χ2n) is 13.2. The summed E-state index contributed by atoms with van der Waals surface area (Å²) in [5, 5.41) is 0. The molecule has 0 amide bonds. The highest BCUT2D eigenvalue weighted by atomic mass is 16.5. The summed E-state index contributed by atoms with van der Waals surface area (Å²) >= 11 is 0. The van der Waals surface area contributed by atoms with E-state index in [1.54, 1.807) is 0 Å². The quantitative estimate of drug-likeness (QED) is 0.415. The van der Waals surface area contributed by atoms with E-state index in [2.05, 4.69) is 40.7 Å². The van der Waals surface area contributed by atoms with Crippen LogP contribution in [0.3, 0.4) is 0 Å². The molecule has 4 fully saturated rings. The molecule has 0 N–H and O–H groups in total. The first-order chi connectivity index (χ1) is 14.3. The second-order valence-corrected chi connectivity index (χ2v) is 13.2. The van der Waals surface area contributed by atoms with Crippen molar-refractivity contribution in [1.82, 2.24) is 0 Å². The number of hydrogen-bond donors (Lipinski definition) is 0. The van der Waals surface area contributed by atoms with E-state index in [0.717, 1.165) is 48.7 Å². The highest BCUT2D eigenvalue weighted by Crippen LogP contribution is 2.67. The lowest BCUT2D eigenvalue weighted by molar-refractivity contribution is -0.146. The molecule has 0 spiro atoms. The molecule has 0 bridgehead atoms. The van der Waals surface area contributed by atoms with Crippen LogP contribution in [0.5, 0.6) is 0 Å². The molecule has 170 valence electrons. The first kappa shape index (κ1) is 21.5. The average molecular weight is 413 g/mol. The molecule has 7 unspecified atom stereocenters. The Morgan fingerprint density at radius 3 is 2.50 bits per heavy atom. The lowest BCUT2D eigenvalue weighted by Gasteiger charge is -2.58. The van der Waals surface area contributed by atoms with Gasteiger partial charge in [-0.25, -0.2) is 0 Å². The molecule has 1 saturated heterocycles. The fourth-order valence-corrected chi connectivity index (χ4v) is 9.52. The molecule has 4 aliphatic carbocycles. The van der Waals surface area contributed by atoms with Crippen molar-refractivity contribution in [2.75, 3.05) is 13.2 Å². The Kier molecular flexibility index (Phi) is 5.48. The average Bonchev–Trinajstić information content (AvgIpc) is 3.03. The maximum absolute atomic E-state index is 5.67. The third-order valence-electron chi connectivity index (χ3n) is 11.9. The van der Waals surface area contributed by atoms with Gasteiger partial charge < -0.3 is 4.74 Å². The zero-order chi connectivity index (χ0) is 21.1. The zero-order valence-electron chi connectivity index (χ0n) is 20.6. The Hall–Kier alpha value is -0.300. The lowest BCUT2D eigenvalue weighted by atomic mass is 9.47. The van der Waals surface area contributed by atoms with Crippen molar-refractivity contribution in [2.45, 2.75) is 105 Å². The van der Waals surface area contributed by atoms with Crippen LogP contribution in [0.25, 0.3) is 0 Å². The van der Waals surface area contributed by atoms with Gasteiger partial charge in [-0.15, -0.1) is 0 Å². The van der Waals surface area contributed by atoms with Crippen molar-refractivity contribution < 1.29 is 4.74 Å². The van der Waals surface area contributed by atoms with Crippen LogP contribution in [0.1, 0.15) is 105 Å². The van der Waals surface area contributed by atoms with Crippen LogP contribution < -0.4 is 0 Å². The van der Waals surface area contributed by atoms with Crippen molar-refractivity contribution in [1.29, 1.82) is 0 Å². The highest BCUT2D eigenvalue weighted by molar-refractivity contribution is 5.24. The van der Waals surface area contributed by atoms with Gasteiger partial charge in [-0.1, -0.05) is 52.7 Å². The van der Waals surface area contributed by atoms with Crippen LogP contribution >= 0.6 is 0 Å². The summed E-state index contributed by atoms with van der Waals surface area (Å²) in [5.74, 6) is 5.56. The van der Waals surface area contributed by atoms with Crippen molar-refractivity contribution in [3.05, 3.63) is 11.6 Å². The second kappa shape index (κ2) is 7.64. The van der Waals surface area contributed by atoms with Crippen LogP contribution in [-0.2, 0) is 4.74 Å². The molecular weight excluding hydrogens is 364 g/mol. The summed E-state index contributed by atoms with van der Waals surface area (Å²) in [6, 6.07) is 0. The van der Waals surface area contributed by atoms with E-state index in [-0.39, 0.29) is 0 Å². The molecule has 1 heterocycles. The van der Waals surface area contributed by atoms with Crippen molar-refractivity contribution in [2.24, 2.45) is 51.8 Å². The first-order valence-corrected chi connectivity index (χ1v) is 13.6. The van der Waals surface area contributed by atoms with E-state index < -0.39 is 0 Å². The van der Waals surface area contributed by atoms with Gasteiger partial charge >= 0.3 is 0 Å². The van der Waals surface area contributed by atoms with E-state index in [4.69, 9.17) is 4.74 Å². The van der Waals surface area contributed by atoms with Gasteiger partial charge in [0.15, 0.2) is 0 Å². The molecule has 7 atom stereocenters. The van der Waals surface area contributed by atoms with E-state index in [9.17, 15) is 0 Å². The molecule has 0 aromatic rings. The standard InChI is InChI=1S/C29H48O/c1-20(2)29(18-30-19-29)17-13-21(3)24-11-12-25-23-10-9-22-8-6-7-15-27(22,4)26(23)14-16-28(24,25)5/h9,20-21,23-26H,6-8,10-19H2,1-5H3. The lowest BCUT2D eigenvalue weighted by Crippen LogP contribution is -2.50. The number of ether oxygens (including phenoxy) is 1. The van der Waals surface area contributed by atoms with Crippen LogP contribution in [0.15, 0.2) is 11.6 Å². The largest absolute Gasteiger partial charge is 0.380 e. The molecule has 0 aromatic heterocycles. The minimum atomic E-state index is 0.491. The Morgan fingerprint density at radius 1 is 1.00 bits per heavy atom. The van der Waals surface area contributed by atoms with Crippen LogP contribution in [-0.4, -0.2) is 13.2 Å². The monoisotopic (exact) mass is 412 g/mol. The van der Waals surface area contributed by atoms with Crippen molar-refractivity contribution in [3.63, 3.8) is 0 Å². The molecule has 5 rings (SSSR count). The fourth-order valence-electron chi connectivity index (χ4n) is 9.52. The summed E-state index contributed by atoms with van der Waals surface area (Å²) < 4.78 is 5.67.